The molecule has 0 amide bonds. The second kappa shape index (κ2) is 7.40. The van der Waals surface area contributed by atoms with Gasteiger partial charge in [-0.25, -0.2) is 0 Å². The number of ether oxygens (including phenoxy) is 1. The van der Waals surface area contributed by atoms with Crippen molar-refractivity contribution in [3.8, 4) is 0 Å². The highest BCUT2D eigenvalue weighted by Crippen LogP contribution is 2.19. The number of hydrogen-bond donors (Lipinski definition) is 2. The minimum atomic E-state index is -3.48. The Hall–Kier alpha value is -0.210. The average Bonchev–Trinajstić information content (AvgIpc) is 2.29. The predicted molar refractivity (Wildman–Crippen MR) is 69.4 cm³/mol. The van der Waals surface area contributed by atoms with Gasteiger partial charge in [0.1, 0.15) is 0 Å². The lowest BCUT2D eigenvalue weighted by Crippen LogP contribution is -2.51. The molecule has 1 aliphatic heterocycles. The lowest BCUT2D eigenvalue weighted by atomic mass is 10.1. The molecule has 2 atom stereocenters. The number of nitrogens with zero attached hydrogens (tertiary/aromatic N) is 1. The second-order valence-corrected chi connectivity index (χ2v) is 6.40. The van der Waals surface area contributed by atoms with Gasteiger partial charge in [-0.05, 0) is 26.2 Å². The van der Waals surface area contributed by atoms with Crippen LogP contribution in [0.3, 0.4) is 0 Å². The second-order valence-electron chi connectivity index (χ2n) is 4.74. The number of aliphatic hydroxyl groups is 1. The first-order chi connectivity index (χ1) is 8.51. The van der Waals surface area contributed by atoms with Gasteiger partial charge in [-0.1, -0.05) is 6.42 Å². The van der Waals surface area contributed by atoms with Gasteiger partial charge in [-0.3, -0.25) is 0 Å². The molecule has 0 aromatic carbocycles. The molecular formula is C11H24N2O4S. The summed E-state index contributed by atoms with van der Waals surface area (Å²) < 4.78 is 33.5. The fourth-order valence-corrected chi connectivity index (χ4v) is 3.93. The van der Waals surface area contributed by atoms with Gasteiger partial charge in [0.25, 0.3) is 10.2 Å². The van der Waals surface area contributed by atoms with E-state index < -0.39 is 10.2 Å². The fourth-order valence-electron chi connectivity index (χ4n) is 2.24. The minimum Gasteiger partial charge on any atom is -0.396 e. The maximum Gasteiger partial charge on any atom is 0.280 e. The largest absolute Gasteiger partial charge is 0.396 e. The summed E-state index contributed by atoms with van der Waals surface area (Å²) in [6.07, 6.45) is 3.23. The third-order valence-corrected chi connectivity index (χ3v) is 5.00. The molecule has 0 bridgehead atoms. The molecule has 0 radical (unpaired) electrons. The van der Waals surface area contributed by atoms with Crippen molar-refractivity contribution >= 4 is 10.2 Å². The third-order valence-electron chi connectivity index (χ3n) is 3.21. The zero-order valence-corrected chi connectivity index (χ0v) is 11.9. The van der Waals surface area contributed by atoms with Gasteiger partial charge in [0.05, 0.1) is 6.61 Å². The van der Waals surface area contributed by atoms with E-state index in [0.29, 0.717) is 13.0 Å². The standard InChI is InChI=1S/C11H24N2O4S/c1-10-5-3-4-7-13(10)18(15,16)12-11(6-8-14)9-17-2/h10-12,14H,3-9H2,1-2H3. The summed E-state index contributed by atoms with van der Waals surface area (Å²) in [5.74, 6) is 0. The maximum absolute atomic E-state index is 12.2. The SMILES string of the molecule is COCC(CCO)NS(=O)(=O)N1CCCCC1C. The van der Waals surface area contributed by atoms with Crippen LogP contribution in [0.4, 0.5) is 0 Å². The molecule has 2 unspecified atom stereocenters. The highest BCUT2D eigenvalue weighted by molar-refractivity contribution is 7.87. The Morgan fingerprint density at radius 2 is 2.22 bits per heavy atom. The van der Waals surface area contributed by atoms with E-state index >= 15 is 0 Å². The molecule has 1 heterocycles. The van der Waals surface area contributed by atoms with Crippen molar-refractivity contribution in [2.24, 2.45) is 0 Å². The number of methoxy groups -OCH3 is 1. The van der Waals surface area contributed by atoms with Crippen molar-refractivity contribution in [1.29, 1.82) is 0 Å². The summed E-state index contributed by atoms with van der Waals surface area (Å²) in [4.78, 5) is 0. The molecule has 108 valence electrons. The van der Waals surface area contributed by atoms with Crippen LogP contribution in [-0.4, -0.2) is 56.8 Å². The summed E-state index contributed by atoms with van der Waals surface area (Å²) in [7, 11) is -1.97. The Morgan fingerprint density at radius 3 is 2.78 bits per heavy atom. The molecule has 0 aliphatic carbocycles. The Labute approximate surface area is 109 Å². The zero-order valence-electron chi connectivity index (χ0n) is 11.1. The van der Waals surface area contributed by atoms with Gasteiger partial charge in [0.15, 0.2) is 0 Å². The molecule has 1 fully saturated rings. The molecule has 0 aromatic rings. The van der Waals surface area contributed by atoms with Crippen molar-refractivity contribution in [2.45, 2.75) is 44.7 Å². The Balaban J connectivity index is 2.66. The number of rotatable bonds is 7. The predicted octanol–water partition coefficient (Wildman–Crippen LogP) is 0.0926. The van der Waals surface area contributed by atoms with Crippen LogP contribution in [0.5, 0.6) is 0 Å². The van der Waals surface area contributed by atoms with Crippen molar-refractivity contribution in [2.75, 3.05) is 26.9 Å². The van der Waals surface area contributed by atoms with Gasteiger partial charge >= 0.3 is 0 Å². The van der Waals surface area contributed by atoms with Gasteiger partial charge < -0.3 is 9.84 Å². The lowest BCUT2D eigenvalue weighted by molar-refractivity contribution is 0.155. The number of aliphatic hydroxyl groups excluding tert-OH is 1. The molecule has 0 aromatic heterocycles. The third kappa shape index (κ3) is 4.47. The van der Waals surface area contributed by atoms with E-state index in [1.807, 2.05) is 6.92 Å². The van der Waals surface area contributed by atoms with Crippen molar-refractivity contribution in [3.63, 3.8) is 0 Å². The molecule has 18 heavy (non-hydrogen) atoms. The van der Waals surface area contributed by atoms with E-state index in [0.717, 1.165) is 19.3 Å². The molecule has 7 heteroatoms. The molecule has 0 spiro atoms. The van der Waals surface area contributed by atoms with E-state index in [1.54, 1.807) is 0 Å². The summed E-state index contributed by atoms with van der Waals surface area (Å²) in [5, 5.41) is 8.92. The molecule has 1 aliphatic rings. The Morgan fingerprint density at radius 1 is 1.50 bits per heavy atom. The van der Waals surface area contributed by atoms with E-state index in [1.165, 1.54) is 11.4 Å². The van der Waals surface area contributed by atoms with E-state index in [9.17, 15) is 8.42 Å². The van der Waals surface area contributed by atoms with Crippen LogP contribution in [0.1, 0.15) is 32.6 Å². The number of nitrogens with one attached hydrogen (secondary N) is 1. The first-order valence-corrected chi connectivity index (χ1v) is 7.84. The van der Waals surface area contributed by atoms with Crippen molar-refractivity contribution < 1.29 is 18.3 Å². The van der Waals surface area contributed by atoms with E-state index in [-0.39, 0.29) is 25.3 Å². The van der Waals surface area contributed by atoms with Crippen LogP contribution in [0.2, 0.25) is 0 Å². The van der Waals surface area contributed by atoms with Crippen LogP contribution >= 0.6 is 0 Å². The van der Waals surface area contributed by atoms with Crippen molar-refractivity contribution in [3.05, 3.63) is 0 Å². The quantitative estimate of drug-likeness (QED) is 0.693. The monoisotopic (exact) mass is 280 g/mol. The van der Waals surface area contributed by atoms with E-state index in [4.69, 9.17) is 9.84 Å². The molecular weight excluding hydrogens is 256 g/mol. The van der Waals surface area contributed by atoms with Crippen LogP contribution in [0.25, 0.3) is 0 Å². The summed E-state index contributed by atoms with van der Waals surface area (Å²) in [6.45, 7) is 2.69. The topological polar surface area (TPSA) is 78.9 Å². The summed E-state index contributed by atoms with van der Waals surface area (Å²) >= 11 is 0. The Kier molecular flexibility index (Phi) is 6.51. The van der Waals surface area contributed by atoms with Gasteiger partial charge in [0.2, 0.25) is 0 Å². The van der Waals surface area contributed by atoms with Crippen molar-refractivity contribution in [1.82, 2.24) is 9.03 Å². The maximum atomic E-state index is 12.2. The summed E-state index contributed by atoms with van der Waals surface area (Å²) in [6, 6.07) is -0.340. The van der Waals surface area contributed by atoms with Crippen LogP contribution in [0, 0.1) is 0 Å². The smallest absolute Gasteiger partial charge is 0.280 e. The highest BCUT2D eigenvalue weighted by Gasteiger charge is 2.31. The van der Waals surface area contributed by atoms with E-state index in [2.05, 4.69) is 4.72 Å². The summed E-state index contributed by atoms with van der Waals surface area (Å²) in [5.41, 5.74) is 0. The number of hydrogen-bond acceptors (Lipinski definition) is 4. The van der Waals surface area contributed by atoms with Gasteiger partial charge in [0, 0.05) is 32.3 Å². The van der Waals surface area contributed by atoms with Crippen LogP contribution in [-0.2, 0) is 14.9 Å². The minimum absolute atomic E-state index is 0.0357. The average molecular weight is 280 g/mol. The molecule has 1 rings (SSSR count). The first kappa shape index (κ1) is 15.8. The fraction of sp³-hybridized carbons (Fsp3) is 1.00. The lowest BCUT2D eigenvalue weighted by Gasteiger charge is -2.33. The normalized spacial score (nSPS) is 24.1. The van der Waals surface area contributed by atoms with Crippen LogP contribution < -0.4 is 4.72 Å². The molecule has 2 N–H and O–H groups in total. The molecule has 1 saturated heterocycles. The van der Waals surface area contributed by atoms with Gasteiger partial charge in [-0.15, -0.1) is 0 Å². The van der Waals surface area contributed by atoms with Crippen LogP contribution in [0.15, 0.2) is 0 Å². The zero-order chi connectivity index (χ0) is 13.6. The first-order valence-electron chi connectivity index (χ1n) is 6.40. The number of piperidine rings is 1. The molecule has 0 saturated carbocycles. The van der Waals surface area contributed by atoms with Gasteiger partial charge in [-0.2, -0.15) is 17.4 Å². The highest BCUT2D eigenvalue weighted by atomic mass is 32.2. The molecule has 6 nitrogen and oxygen atoms in total. The Bertz CT molecular complexity index is 328.